The molecule has 0 atom stereocenters. The Morgan fingerprint density at radius 3 is 2.63 bits per heavy atom. The summed E-state index contributed by atoms with van der Waals surface area (Å²) in [6.45, 7) is 3.85. The molecule has 0 aliphatic heterocycles. The van der Waals surface area contributed by atoms with E-state index in [0.717, 1.165) is 5.56 Å². The average molecular weight is 369 g/mol. The van der Waals surface area contributed by atoms with Gasteiger partial charge in [0.2, 0.25) is 11.8 Å². The molecule has 0 spiro atoms. The second-order valence-electron chi connectivity index (χ2n) is 5.95. The van der Waals surface area contributed by atoms with E-state index in [1.807, 2.05) is 38.1 Å². The Morgan fingerprint density at radius 2 is 1.89 bits per heavy atom. The molecule has 0 heterocycles. The number of nitrogens with zero attached hydrogens (tertiary/aromatic N) is 1. The van der Waals surface area contributed by atoms with Gasteiger partial charge in [0.25, 0.3) is 0 Å². The lowest BCUT2D eigenvalue weighted by atomic mass is 10.2. The highest BCUT2D eigenvalue weighted by molar-refractivity contribution is 6.03. The Labute approximate surface area is 158 Å². The van der Waals surface area contributed by atoms with Gasteiger partial charge in [-0.05, 0) is 38.1 Å². The number of nitrogens with one attached hydrogen (secondary N) is 2. The van der Waals surface area contributed by atoms with Crippen LogP contribution < -0.4 is 20.2 Å². The van der Waals surface area contributed by atoms with Crippen LogP contribution in [0.5, 0.6) is 11.5 Å². The lowest BCUT2D eigenvalue weighted by Crippen LogP contribution is -2.24. The van der Waals surface area contributed by atoms with Crippen molar-refractivity contribution in [1.82, 2.24) is 5.43 Å². The molecule has 27 heavy (non-hydrogen) atoms. The molecule has 0 aromatic heterocycles. The molecule has 2 amide bonds. The summed E-state index contributed by atoms with van der Waals surface area (Å²) >= 11 is 0. The van der Waals surface area contributed by atoms with Crippen molar-refractivity contribution in [2.45, 2.75) is 26.4 Å². The van der Waals surface area contributed by atoms with Crippen molar-refractivity contribution in [3.05, 3.63) is 54.1 Å². The zero-order chi connectivity index (χ0) is 19.6. The molecule has 0 radical (unpaired) electrons. The normalized spacial score (nSPS) is 10.7. The molecule has 7 heteroatoms. The van der Waals surface area contributed by atoms with Crippen molar-refractivity contribution < 1.29 is 19.1 Å². The van der Waals surface area contributed by atoms with Gasteiger partial charge in [-0.2, -0.15) is 5.10 Å². The van der Waals surface area contributed by atoms with Crippen LogP contribution in [0.15, 0.2) is 53.6 Å². The van der Waals surface area contributed by atoms with Crippen molar-refractivity contribution in [1.29, 1.82) is 0 Å². The van der Waals surface area contributed by atoms with Gasteiger partial charge in [0.15, 0.2) is 0 Å². The van der Waals surface area contributed by atoms with E-state index in [4.69, 9.17) is 9.47 Å². The van der Waals surface area contributed by atoms with Crippen LogP contribution in [0.2, 0.25) is 0 Å². The highest BCUT2D eigenvalue weighted by Gasteiger charge is 2.09. The number of methoxy groups -OCH3 is 1. The summed E-state index contributed by atoms with van der Waals surface area (Å²) < 4.78 is 10.8. The monoisotopic (exact) mass is 369 g/mol. The van der Waals surface area contributed by atoms with Crippen LogP contribution in [-0.2, 0) is 9.59 Å². The number of benzene rings is 2. The van der Waals surface area contributed by atoms with E-state index in [0.29, 0.717) is 17.2 Å². The highest BCUT2D eigenvalue weighted by Crippen LogP contribution is 2.18. The Bertz CT molecular complexity index is 818. The number of carbonyl (C=O) groups excluding carboxylic acids is 2. The second-order valence-corrected chi connectivity index (χ2v) is 5.95. The summed E-state index contributed by atoms with van der Waals surface area (Å²) in [6.07, 6.45) is 1.16. The molecule has 2 rings (SSSR count). The summed E-state index contributed by atoms with van der Waals surface area (Å²) in [5, 5.41) is 6.53. The van der Waals surface area contributed by atoms with E-state index in [2.05, 4.69) is 15.8 Å². The molecule has 2 aromatic carbocycles. The smallest absolute Gasteiger partial charge is 0.249 e. The van der Waals surface area contributed by atoms with Gasteiger partial charge in [0.05, 0.1) is 19.4 Å². The molecule has 0 aliphatic rings. The molecule has 7 nitrogen and oxygen atoms in total. The van der Waals surface area contributed by atoms with E-state index < -0.39 is 11.8 Å². The maximum Gasteiger partial charge on any atom is 0.249 e. The number of para-hydroxylation sites is 1. The van der Waals surface area contributed by atoms with Crippen LogP contribution in [0.25, 0.3) is 0 Å². The summed E-state index contributed by atoms with van der Waals surface area (Å²) in [5.41, 5.74) is 3.62. The van der Waals surface area contributed by atoms with E-state index in [1.165, 1.54) is 13.3 Å². The minimum Gasteiger partial charge on any atom is -0.497 e. The summed E-state index contributed by atoms with van der Waals surface area (Å²) in [4.78, 5) is 23.8. The second kappa shape index (κ2) is 9.96. The minimum atomic E-state index is -0.520. The topological polar surface area (TPSA) is 89.0 Å². The first-order chi connectivity index (χ1) is 13.0. The first-order valence-corrected chi connectivity index (χ1v) is 8.49. The average Bonchev–Trinajstić information content (AvgIpc) is 2.62. The predicted molar refractivity (Wildman–Crippen MR) is 104 cm³/mol. The first-order valence-electron chi connectivity index (χ1n) is 8.49. The van der Waals surface area contributed by atoms with Crippen LogP contribution in [0, 0.1) is 0 Å². The van der Waals surface area contributed by atoms with Gasteiger partial charge in [0.1, 0.15) is 17.9 Å². The molecule has 142 valence electrons. The number of hydrogen-bond donors (Lipinski definition) is 2. The standard InChI is InChI=1S/C20H23N3O4/c1-14(2)27-18-10-5-4-7-15(18)13-21-23-20(25)12-19(24)22-16-8-6-9-17(11-16)26-3/h4-11,13-14H,12H2,1-3H3,(H,22,24)(H,23,25). The van der Waals surface area contributed by atoms with Crippen molar-refractivity contribution in [3.8, 4) is 11.5 Å². The molecular formula is C20H23N3O4. The Kier molecular flexibility index (Phi) is 7.37. The van der Waals surface area contributed by atoms with Crippen LogP contribution in [0.3, 0.4) is 0 Å². The number of anilines is 1. The van der Waals surface area contributed by atoms with Crippen LogP contribution in [0.4, 0.5) is 5.69 Å². The van der Waals surface area contributed by atoms with Gasteiger partial charge >= 0.3 is 0 Å². The molecular weight excluding hydrogens is 346 g/mol. The van der Waals surface area contributed by atoms with Gasteiger partial charge in [0, 0.05) is 17.3 Å². The van der Waals surface area contributed by atoms with E-state index in [9.17, 15) is 9.59 Å². The molecule has 0 bridgehead atoms. The molecule has 0 aliphatic carbocycles. The quantitative estimate of drug-likeness (QED) is 0.425. The molecule has 0 saturated heterocycles. The van der Waals surface area contributed by atoms with Crippen LogP contribution >= 0.6 is 0 Å². The van der Waals surface area contributed by atoms with Gasteiger partial charge in [-0.15, -0.1) is 0 Å². The Morgan fingerprint density at radius 1 is 1.11 bits per heavy atom. The Balaban J connectivity index is 1.87. The number of hydrazone groups is 1. The number of ether oxygens (including phenoxy) is 2. The maximum absolute atomic E-state index is 11.9. The van der Waals surface area contributed by atoms with Crippen molar-refractivity contribution >= 4 is 23.7 Å². The number of hydrogen-bond acceptors (Lipinski definition) is 5. The Hall–Kier alpha value is -3.35. The maximum atomic E-state index is 11.9. The summed E-state index contributed by atoms with van der Waals surface area (Å²) in [5.74, 6) is 0.318. The van der Waals surface area contributed by atoms with Crippen molar-refractivity contribution in [2.75, 3.05) is 12.4 Å². The molecule has 0 fully saturated rings. The fraction of sp³-hybridized carbons (Fsp3) is 0.250. The SMILES string of the molecule is COc1cccc(NC(=O)CC(=O)NN=Cc2ccccc2OC(C)C)c1. The lowest BCUT2D eigenvalue weighted by molar-refractivity contribution is -0.126. The third-order valence-electron chi connectivity index (χ3n) is 3.35. The lowest BCUT2D eigenvalue weighted by Gasteiger charge is -2.11. The number of rotatable bonds is 8. The third-order valence-corrected chi connectivity index (χ3v) is 3.35. The van der Waals surface area contributed by atoms with Gasteiger partial charge < -0.3 is 14.8 Å². The van der Waals surface area contributed by atoms with Crippen LogP contribution in [0.1, 0.15) is 25.8 Å². The minimum absolute atomic E-state index is 0.0226. The highest BCUT2D eigenvalue weighted by atomic mass is 16.5. The molecule has 0 unspecified atom stereocenters. The summed E-state index contributed by atoms with van der Waals surface area (Å²) in [6, 6.07) is 14.2. The predicted octanol–water partition coefficient (Wildman–Crippen LogP) is 2.96. The largest absolute Gasteiger partial charge is 0.497 e. The van der Waals surface area contributed by atoms with Crippen molar-refractivity contribution in [2.24, 2.45) is 5.10 Å². The van der Waals surface area contributed by atoms with Crippen LogP contribution in [-0.4, -0.2) is 31.2 Å². The fourth-order valence-corrected chi connectivity index (χ4v) is 2.21. The zero-order valence-electron chi connectivity index (χ0n) is 15.6. The zero-order valence-corrected chi connectivity index (χ0v) is 15.6. The van der Waals surface area contributed by atoms with Gasteiger partial charge in [-0.25, -0.2) is 5.43 Å². The van der Waals surface area contributed by atoms with Gasteiger partial charge in [-0.1, -0.05) is 18.2 Å². The third kappa shape index (κ3) is 6.81. The molecule has 2 N–H and O–H groups in total. The number of carbonyl (C=O) groups is 2. The summed E-state index contributed by atoms with van der Waals surface area (Å²) in [7, 11) is 1.54. The first kappa shape index (κ1) is 20.0. The fourth-order valence-electron chi connectivity index (χ4n) is 2.21. The van der Waals surface area contributed by atoms with Crippen molar-refractivity contribution in [3.63, 3.8) is 0 Å². The van der Waals surface area contributed by atoms with Gasteiger partial charge in [-0.3, -0.25) is 9.59 Å². The van der Waals surface area contributed by atoms with E-state index in [-0.39, 0.29) is 12.5 Å². The van der Waals surface area contributed by atoms with E-state index >= 15 is 0 Å². The van der Waals surface area contributed by atoms with E-state index in [1.54, 1.807) is 24.3 Å². The molecule has 2 aromatic rings. The number of amides is 2. The molecule has 0 saturated carbocycles.